The summed E-state index contributed by atoms with van der Waals surface area (Å²) in [6.45, 7) is 11.2. The van der Waals surface area contributed by atoms with Gasteiger partial charge in [-0.1, -0.05) is 35.6 Å². The van der Waals surface area contributed by atoms with Crippen molar-refractivity contribution < 1.29 is 0 Å². The van der Waals surface area contributed by atoms with Crippen molar-refractivity contribution in [3.8, 4) is 0 Å². The van der Waals surface area contributed by atoms with E-state index >= 15 is 0 Å². The van der Waals surface area contributed by atoms with Gasteiger partial charge in [-0.15, -0.1) is 0 Å². The number of hydrogen-bond donors (Lipinski definition) is 0. The predicted molar refractivity (Wildman–Crippen MR) is 157 cm³/mol. The molecule has 0 N–H and O–H groups in total. The first-order chi connectivity index (χ1) is 17.5. The molecule has 0 heterocycles. The van der Waals surface area contributed by atoms with Crippen molar-refractivity contribution in [1.82, 2.24) is 0 Å². The molecule has 0 nitrogen and oxygen atoms in total. The minimum atomic E-state index is 0.0922. The molecule has 0 radical (unpaired) electrons. The molecule has 12 aliphatic carbocycles. The Morgan fingerprint density at radius 3 is 1.59 bits per heavy atom. The molecule has 0 aromatic carbocycles. The lowest BCUT2D eigenvalue weighted by atomic mass is 9.55. The highest BCUT2D eigenvalue weighted by Crippen LogP contribution is 2.83. The Kier molecular flexibility index (Phi) is 4.84. The monoisotopic (exact) mass is 520 g/mol. The van der Waals surface area contributed by atoms with E-state index in [4.69, 9.17) is 0 Å². The molecule has 0 spiro atoms. The van der Waals surface area contributed by atoms with E-state index in [2.05, 4.69) is 27.7 Å². The van der Waals surface area contributed by atoms with Gasteiger partial charge in [0.05, 0.1) is 0 Å². The maximum absolute atomic E-state index is 2.82. The fourth-order valence-corrected chi connectivity index (χ4v) is 23.0. The van der Waals surface area contributed by atoms with E-state index in [9.17, 15) is 0 Å². The molecule has 12 rings (SSSR count). The number of rotatable bonds is 3. The molecule has 1 heteroatoms. The van der Waals surface area contributed by atoms with Crippen LogP contribution in [-0.2, 0) is 0 Å². The maximum atomic E-state index is 2.82. The summed E-state index contributed by atoms with van der Waals surface area (Å²) < 4.78 is 0. The number of fused-ring (bicyclic) bond motifs is 2. The van der Waals surface area contributed by atoms with Gasteiger partial charge in [0.15, 0.2) is 0 Å². The van der Waals surface area contributed by atoms with Crippen molar-refractivity contribution in [2.45, 2.75) is 159 Å². The number of hydrogen-bond acceptors (Lipinski definition) is 0. The second-order valence-corrected chi connectivity index (χ2v) is 22.7. The molecule has 11 atom stereocenters. The largest absolute Gasteiger partial charge is 0.0904 e. The smallest absolute Gasteiger partial charge is 0.00764 e. The minimum absolute atomic E-state index is 0.0922. The van der Waals surface area contributed by atoms with Crippen LogP contribution in [0, 0.1) is 63.6 Å². The van der Waals surface area contributed by atoms with Crippen molar-refractivity contribution >= 4 is 7.92 Å². The summed E-state index contributed by atoms with van der Waals surface area (Å²) in [5, 5.41) is 1.56. The Labute approximate surface area is 230 Å². The lowest BCUT2D eigenvalue weighted by Crippen LogP contribution is -2.56. The average Bonchev–Trinajstić information content (AvgIpc) is 2.97. The van der Waals surface area contributed by atoms with Gasteiger partial charge < -0.3 is 0 Å². The predicted octanol–water partition coefficient (Wildman–Crippen LogP) is 10.4. The molecule has 12 aliphatic rings. The Bertz CT molecular complexity index is 948. The van der Waals surface area contributed by atoms with Crippen LogP contribution in [0.15, 0.2) is 0 Å². The summed E-state index contributed by atoms with van der Waals surface area (Å²) >= 11 is 0. The first-order valence-electron chi connectivity index (χ1n) is 17.3. The van der Waals surface area contributed by atoms with E-state index in [1.165, 1.54) is 0 Å². The van der Waals surface area contributed by atoms with Crippen LogP contribution >= 0.6 is 7.92 Å². The third kappa shape index (κ3) is 3.48. The van der Waals surface area contributed by atoms with Crippen molar-refractivity contribution in [2.24, 2.45) is 63.6 Å². The van der Waals surface area contributed by atoms with Crippen LogP contribution in [0.5, 0.6) is 0 Å². The Balaban J connectivity index is 1.22. The third-order valence-corrected chi connectivity index (χ3v) is 19.9. The van der Waals surface area contributed by atoms with E-state index in [0.717, 1.165) is 63.3 Å². The Hall–Kier alpha value is 0.430. The van der Waals surface area contributed by atoms with Gasteiger partial charge in [0, 0.05) is 0 Å². The zero-order chi connectivity index (χ0) is 25.0. The topological polar surface area (TPSA) is 0 Å². The van der Waals surface area contributed by atoms with Crippen molar-refractivity contribution in [3.05, 3.63) is 0 Å². The van der Waals surface area contributed by atoms with Crippen LogP contribution < -0.4 is 0 Å². The molecular weight excluding hydrogens is 463 g/mol. The normalized spacial score (nSPS) is 65.7. The molecular formula is C36H57P. The van der Waals surface area contributed by atoms with E-state index in [-0.39, 0.29) is 7.92 Å². The van der Waals surface area contributed by atoms with Crippen LogP contribution in [0.1, 0.15) is 143 Å². The van der Waals surface area contributed by atoms with Crippen molar-refractivity contribution in [2.75, 3.05) is 0 Å². The molecule has 0 aromatic heterocycles. The summed E-state index contributed by atoms with van der Waals surface area (Å²) in [6, 6.07) is 0. The molecule has 11 unspecified atom stereocenters. The highest BCUT2D eigenvalue weighted by molar-refractivity contribution is 7.61. The van der Waals surface area contributed by atoms with Crippen LogP contribution in [0.25, 0.3) is 0 Å². The highest BCUT2D eigenvalue weighted by Gasteiger charge is 2.67. The third-order valence-electron chi connectivity index (χ3n) is 15.5. The zero-order valence-electron chi connectivity index (χ0n) is 24.9. The van der Waals surface area contributed by atoms with Crippen LogP contribution in [0.4, 0.5) is 0 Å². The van der Waals surface area contributed by atoms with Gasteiger partial charge in [0.25, 0.3) is 0 Å². The molecule has 0 aromatic rings. The molecule has 37 heavy (non-hydrogen) atoms. The van der Waals surface area contributed by atoms with Gasteiger partial charge in [-0.2, -0.15) is 0 Å². The Morgan fingerprint density at radius 2 is 0.973 bits per heavy atom. The maximum Gasteiger partial charge on any atom is -0.00764 e. The summed E-state index contributed by atoms with van der Waals surface area (Å²) in [4.78, 5) is 0. The van der Waals surface area contributed by atoms with Crippen LogP contribution in [-0.4, -0.2) is 16.0 Å². The fourth-order valence-electron chi connectivity index (χ4n) is 16.4. The quantitative estimate of drug-likeness (QED) is 0.325. The molecule has 12 saturated carbocycles. The van der Waals surface area contributed by atoms with Gasteiger partial charge >= 0.3 is 0 Å². The molecule has 12 fully saturated rings. The molecule has 0 aliphatic heterocycles. The van der Waals surface area contributed by atoms with E-state index in [0.29, 0.717) is 16.2 Å². The first-order valence-corrected chi connectivity index (χ1v) is 18.7. The summed E-state index contributed by atoms with van der Waals surface area (Å²) in [7, 11) is 0.0922. The average molecular weight is 521 g/mol. The second kappa shape index (κ2) is 7.43. The Morgan fingerprint density at radius 1 is 0.459 bits per heavy atom. The standard InChI is InChI=1S/C36H57P/c1-23-10-36(17-28-8-29(23)18-33(3,13-28)22-36)37(35-14-24-5-25(15-35)7-26(6-24)16-35)31-20-34(4)12-27-9-30(31)19-32(2,11-27)21-34/h23-31H,5-22H2,1-4H3. The van der Waals surface area contributed by atoms with Crippen molar-refractivity contribution in [3.63, 3.8) is 0 Å². The van der Waals surface area contributed by atoms with Crippen molar-refractivity contribution in [1.29, 1.82) is 0 Å². The lowest BCUT2D eigenvalue weighted by Gasteiger charge is -2.67. The zero-order valence-corrected chi connectivity index (χ0v) is 25.8. The van der Waals surface area contributed by atoms with Crippen LogP contribution in [0.2, 0.25) is 0 Å². The minimum Gasteiger partial charge on any atom is -0.0904 e. The summed E-state index contributed by atoms with van der Waals surface area (Å²) in [5.74, 6) is 8.74. The summed E-state index contributed by atoms with van der Waals surface area (Å²) in [5.41, 5.74) is 3.18. The summed E-state index contributed by atoms with van der Waals surface area (Å²) in [6.07, 6.45) is 29.6. The second-order valence-electron chi connectivity index (χ2n) is 19.4. The molecule has 12 bridgehead atoms. The van der Waals surface area contributed by atoms with Gasteiger partial charge in [-0.25, -0.2) is 0 Å². The van der Waals surface area contributed by atoms with Gasteiger partial charge in [0.2, 0.25) is 0 Å². The van der Waals surface area contributed by atoms with Gasteiger partial charge in [0.1, 0.15) is 0 Å². The van der Waals surface area contributed by atoms with Gasteiger partial charge in [-0.3, -0.25) is 0 Å². The van der Waals surface area contributed by atoms with Gasteiger partial charge in [-0.05, 0) is 195 Å². The fraction of sp³-hybridized carbons (Fsp3) is 1.00. The van der Waals surface area contributed by atoms with Crippen LogP contribution in [0.3, 0.4) is 0 Å². The van der Waals surface area contributed by atoms with E-state index < -0.39 is 0 Å². The highest BCUT2D eigenvalue weighted by atomic mass is 31.1. The van der Waals surface area contributed by atoms with E-state index in [1.807, 2.05) is 0 Å². The molecule has 206 valence electrons. The first kappa shape index (κ1) is 24.1. The molecule has 0 saturated heterocycles. The lowest BCUT2D eigenvalue weighted by molar-refractivity contribution is 0.00961. The van der Waals surface area contributed by atoms with E-state index in [1.54, 1.807) is 116 Å². The SMILES string of the molecule is CC1CC2(P(C3CC4(C)CC5CC3CC(C)(C5)C4)C34CC5CC(CC(C5)C3)C4)CC3CC1CC(C)(C3)C2. The molecule has 0 amide bonds.